The second kappa shape index (κ2) is 6.27. The van der Waals surface area contributed by atoms with E-state index in [1.807, 2.05) is 24.3 Å². The van der Waals surface area contributed by atoms with Crippen LogP contribution >= 0.6 is 11.6 Å². The first kappa shape index (κ1) is 14.3. The molecule has 1 aromatic carbocycles. The van der Waals surface area contributed by atoms with E-state index in [9.17, 15) is 0 Å². The standard InChI is InChI=1S/C14H23ClN2/c1-11(2)7-8-14(3,10-16)17-13-6-4-5-12(15)9-13/h4-6,9,11,17H,7-8,10,16H2,1-3H3. The van der Waals surface area contributed by atoms with E-state index in [0.29, 0.717) is 12.5 Å². The molecule has 1 atom stereocenters. The Balaban J connectivity index is 2.67. The highest BCUT2D eigenvalue weighted by atomic mass is 35.5. The summed E-state index contributed by atoms with van der Waals surface area (Å²) in [4.78, 5) is 0. The lowest BCUT2D eigenvalue weighted by molar-refractivity contribution is 0.420. The van der Waals surface area contributed by atoms with Gasteiger partial charge >= 0.3 is 0 Å². The fourth-order valence-corrected chi connectivity index (χ4v) is 1.93. The Kier molecular flexibility index (Phi) is 5.29. The molecule has 1 rings (SSSR count). The van der Waals surface area contributed by atoms with Crippen LogP contribution < -0.4 is 11.1 Å². The minimum atomic E-state index is -0.0606. The maximum Gasteiger partial charge on any atom is 0.0467 e. The predicted molar refractivity (Wildman–Crippen MR) is 76.6 cm³/mol. The van der Waals surface area contributed by atoms with Gasteiger partial charge in [-0.25, -0.2) is 0 Å². The van der Waals surface area contributed by atoms with Crippen molar-refractivity contribution < 1.29 is 0 Å². The van der Waals surface area contributed by atoms with Crippen LogP contribution in [0.1, 0.15) is 33.6 Å². The first-order valence-electron chi connectivity index (χ1n) is 6.19. The van der Waals surface area contributed by atoms with Crippen LogP contribution in [0.5, 0.6) is 0 Å². The maximum absolute atomic E-state index is 5.97. The third-order valence-corrected chi connectivity index (χ3v) is 3.23. The van der Waals surface area contributed by atoms with E-state index in [1.165, 1.54) is 6.42 Å². The third kappa shape index (κ3) is 4.97. The van der Waals surface area contributed by atoms with Gasteiger partial charge in [0.05, 0.1) is 0 Å². The van der Waals surface area contributed by atoms with Gasteiger partial charge in [-0.2, -0.15) is 0 Å². The number of nitrogens with two attached hydrogens (primary N) is 1. The molecular formula is C14H23ClN2. The SMILES string of the molecule is CC(C)CCC(C)(CN)Nc1cccc(Cl)c1. The van der Waals surface area contributed by atoms with E-state index in [2.05, 4.69) is 26.1 Å². The molecule has 0 aliphatic carbocycles. The number of halogens is 1. The quantitative estimate of drug-likeness (QED) is 0.808. The minimum absolute atomic E-state index is 0.0606. The van der Waals surface area contributed by atoms with Crippen molar-refractivity contribution in [1.82, 2.24) is 0 Å². The van der Waals surface area contributed by atoms with Crippen LogP contribution in [0.4, 0.5) is 5.69 Å². The molecule has 1 aromatic rings. The lowest BCUT2D eigenvalue weighted by atomic mass is 9.91. The van der Waals surface area contributed by atoms with Crippen molar-refractivity contribution in [3.63, 3.8) is 0 Å². The average Bonchev–Trinajstić information content (AvgIpc) is 2.26. The number of nitrogens with one attached hydrogen (secondary N) is 1. The van der Waals surface area contributed by atoms with E-state index in [0.717, 1.165) is 17.1 Å². The monoisotopic (exact) mass is 254 g/mol. The number of benzene rings is 1. The molecule has 0 saturated carbocycles. The molecule has 0 fully saturated rings. The molecule has 0 saturated heterocycles. The lowest BCUT2D eigenvalue weighted by Crippen LogP contribution is -2.42. The molecule has 3 N–H and O–H groups in total. The summed E-state index contributed by atoms with van der Waals surface area (Å²) in [5.74, 6) is 0.696. The van der Waals surface area contributed by atoms with Gasteiger partial charge < -0.3 is 11.1 Å². The molecular weight excluding hydrogens is 232 g/mol. The fourth-order valence-electron chi connectivity index (χ4n) is 1.74. The summed E-state index contributed by atoms with van der Waals surface area (Å²) in [7, 11) is 0. The number of hydrogen-bond donors (Lipinski definition) is 2. The van der Waals surface area contributed by atoms with E-state index in [-0.39, 0.29) is 5.54 Å². The summed E-state index contributed by atoms with van der Waals surface area (Å²) in [5.41, 5.74) is 6.86. The molecule has 96 valence electrons. The van der Waals surface area contributed by atoms with Crippen LogP contribution in [-0.4, -0.2) is 12.1 Å². The Morgan fingerprint density at radius 1 is 1.41 bits per heavy atom. The third-order valence-electron chi connectivity index (χ3n) is 2.99. The molecule has 0 aromatic heterocycles. The van der Waals surface area contributed by atoms with Gasteiger partial charge in [0.25, 0.3) is 0 Å². The maximum atomic E-state index is 5.97. The Morgan fingerprint density at radius 2 is 2.12 bits per heavy atom. The zero-order valence-corrected chi connectivity index (χ0v) is 11.7. The van der Waals surface area contributed by atoms with Crippen molar-refractivity contribution in [1.29, 1.82) is 0 Å². The van der Waals surface area contributed by atoms with Crippen LogP contribution in [-0.2, 0) is 0 Å². The summed E-state index contributed by atoms with van der Waals surface area (Å²) in [6.45, 7) is 7.25. The van der Waals surface area contributed by atoms with Crippen molar-refractivity contribution in [3.05, 3.63) is 29.3 Å². The lowest BCUT2D eigenvalue weighted by Gasteiger charge is -2.31. The highest BCUT2D eigenvalue weighted by Crippen LogP contribution is 2.23. The molecule has 0 aliphatic heterocycles. The fraction of sp³-hybridized carbons (Fsp3) is 0.571. The first-order chi connectivity index (χ1) is 7.95. The summed E-state index contributed by atoms with van der Waals surface area (Å²) >= 11 is 5.97. The molecule has 0 radical (unpaired) electrons. The molecule has 0 spiro atoms. The van der Waals surface area contributed by atoms with E-state index >= 15 is 0 Å². The Bertz CT molecular complexity index is 352. The predicted octanol–water partition coefficient (Wildman–Crippen LogP) is 3.91. The normalized spacial score (nSPS) is 14.7. The van der Waals surface area contributed by atoms with Crippen LogP contribution in [0, 0.1) is 5.92 Å². The Labute approximate surface area is 110 Å². The van der Waals surface area contributed by atoms with E-state index in [4.69, 9.17) is 17.3 Å². The van der Waals surface area contributed by atoms with Gasteiger partial charge in [-0.05, 0) is 43.9 Å². The molecule has 2 nitrogen and oxygen atoms in total. The molecule has 1 unspecified atom stereocenters. The zero-order valence-electron chi connectivity index (χ0n) is 11.0. The molecule has 0 aliphatic rings. The van der Waals surface area contributed by atoms with E-state index in [1.54, 1.807) is 0 Å². The Morgan fingerprint density at radius 3 is 2.65 bits per heavy atom. The van der Waals surface area contributed by atoms with Gasteiger partial charge in [0, 0.05) is 22.8 Å². The topological polar surface area (TPSA) is 38.0 Å². The molecule has 0 bridgehead atoms. The van der Waals surface area contributed by atoms with Crippen LogP contribution in [0.2, 0.25) is 5.02 Å². The molecule has 17 heavy (non-hydrogen) atoms. The van der Waals surface area contributed by atoms with Gasteiger partial charge in [0.1, 0.15) is 0 Å². The average molecular weight is 255 g/mol. The number of rotatable bonds is 6. The molecule has 3 heteroatoms. The number of anilines is 1. The van der Waals surface area contributed by atoms with Crippen molar-refractivity contribution in [2.45, 2.75) is 39.2 Å². The summed E-state index contributed by atoms with van der Waals surface area (Å²) in [6, 6.07) is 7.78. The highest BCUT2D eigenvalue weighted by molar-refractivity contribution is 6.30. The second-order valence-electron chi connectivity index (χ2n) is 5.33. The summed E-state index contributed by atoms with van der Waals surface area (Å²) < 4.78 is 0. The van der Waals surface area contributed by atoms with Crippen LogP contribution in [0.25, 0.3) is 0 Å². The minimum Gasteiger partial charge on any atom is -0.379 e. The van der Waals surface area contributed by atoms with Gasteiger partial charge in [-0.15, -0.1) is 0 Å². The van der Waals surface area contributed by atoms with Crippen molar-refractivity contribution >= 4 is 17.3 Å². The van der Waals surface area contributed by atoms with Gasteiger partial charge in [0.15, 0.2) is 0 Å². The highest BCUT2D eigenvalue weighted by Gasteiger charge is 2.22. The van der Waals surface area contributed by atoms with Gasteiger partial charge in [-0.1, -0.05) is 31.5 Å². The largest absolute Gasteiger partial charge is 0.379 e. The zero-order chi connectivity index (χ0) is 12.9. The summed E-state index contributed by atoms with van der Waals surface area (Å²) in [5, 5.41) is 4.24. The smallest absolute Gasteiger partial charge is 0.0467 e. The van der Waals surface area contributed by atoms with Gasteiger partial charge in [-0.3, -0.25) is 0 Å². The number of hydrogen-bond acceptors (Lipinski definition) is 2. The van der Waals surface area contributed by atoms with Crippen molar-refractivity contribution in [2.24, 2.45) is 11.7 Å². The van der Waals surface area contributed by atoms with Crippen LogP contribution in [0.15, 0.2) is 24.3 Å². The summed E-state index contributed by atoms with van der Waals surface area (Å²) in [6.07, 6.45) is 2.23. The Hall–Kier alpha value is -0.730. The van der Waals surface area contributed by atoms with Crippen molar-refractivity contribution in [2.75, 3.05) is 11.9 Å². The van der Waals surface area contributed by atoms with Crippen molar-refractivity contribution in [3.8, 4) is 0 Å². The second-order valence-corrected chi connectivity index (χ2v) is 5.77. The first-order valence-corrected chi connectivity index (χ1v) is 6.57. The van der Waals surface area contributed by atoms with Crippen LogP contribution in [0.3, 0.4) is 0 Å². The van der Waals surface area contributed by atoms with E-state index < -0.39 is 0 Å². The molecule has 0 amide bonds. The molecule has 0 heterocycles. The van der Waals surface area contributed by atoms with Gasteiger partial charge in [0.2, 0.25) is 0 Å².